The Hall–Kier alpha value is -2.15. The van der Waals surface area contributed by atoms with E-state index in [1.54, 1.807) is 35.7 Å². The monoisotopic (exact) mass is 410 g/mol. The number of carbonyl (C=O) groups is 1. The largest absolute Gasteiger partial charge is 0.484 e. The number of amides is 1. The Bertz CT molecular complexity index is 928. The van der Waals surface area contributed by atoms with Crippen molar-refractivity contribution in [3.8, 4) is 5.75 Å². The predicted octanol–water partition coefficient (Wildman–Crippen LogP) is 5.85. The molecule has 0 aliphatic rings. The predicted molar refractivity (Wildman–Crippen MR) is 102 cm³/mol. The van der Waals surface area contributed by atoms with E-state index in [0.717, 1.165) is 0 Å². The first-order chi connectivity index (χ1) is 12.5. The van der Waals surface area contributed by atoms with E-state index in [4.69, 9.17) is 27.9 Å². The van der Waals surface area contributed by atoms with Gasteiger partial charge in [0.15, 0.2) is 10.9 Å². The summed E-state index contributed by atoms with van der Waals surface area (Å²) in [4.78, 5) is 17.6. The second kappa shape index (κ2) is 8.03. The van der Waals surface area contributed by atoms with Crippen LogP contribution < -0.4 is 9.64 Å². The minimum Gasteiger partial charge on any atom is -0.484 e. The number of halogens is 3. The number of hydrogen-bond donors (Lipinski definition) is 0. The molecule has 0 N–H and O–H groups in total. The summed E-state index contributed by atoms with van der Waals surface area (Å²) >= 11 is 13.4. The van der Waals surface area contributed by atoms with Crippen molar-refractivity contribution in [1.82, 2.24) is 4.98 Å². The topological polar surface area (TPSA) is 42.4 Å². The number of hydrogen-bond acceptors (Lipinski definition) is 4. The molecule has 0 spiro atoms. The molecule has 0 radical (unpaired) electrons. The Morgan fingerprint density at radius 2 is 1.88 bits per heavy atom. The molecule has 0 bridgehead atoms. The molecule has 1 aromatic heterocycles. The van der Waals surface area contributed by atoms with Gasteiger partial charge in [-0.2, -0.15) is 0 Å². The molecule has 0 saturated carbocycles. The van der Waals surface area contributed by atoms with Crippen LogP contribution in [0.4, 0.5) is 15.2 Å². The van der Waals surface area contributed by atoms with Crippen molar-refractivity contribution >= 4 is 51.3 Å². The maximum Gasteiger partial charge on any atom is 0.230 e. The number of carbonyl (C=O) groups excluding carboxylic acids is 1. The standard InChI is InChI=1S/C18H13Cl2FN2O2S/c1-11(24)23(16-8-3-2-7-15(16)21)18-22-12(10-26-18)9-25-17-13(19)5-4-6-14(17)20/h2-8,10H,9H2,1H3. The summed E-state index contributed by atoms with van der Waals surface area (Å²) in [6.07, 6.45) is 0. The van der Waals surface area contributed by atoms with Crippen LogP contribution in [0.3, 0.4) is 0 Å². The normalized spacial score (nSPS) is 10.6. The van der Waals surface area contributed by atoms with Crippen molar-refractivity contribution in [1.29, 1.82) is 0 Å². The van der Waals surface area contributed by atoms with Crippen LogP contribution in [0.25, 0.3) is 0 Å². The molecule has 0 aliphatic carbocycles. The first kappa shape index (κ1) is 18.6. The maximum absolute atomic E-state index is 14.1. The van der Waals surface area contributed by atoms with E-state index in [0.29, 0.717) is 26.6 Å². The third-order valence-corrected chi connectivity index (χ3v) is 4.89. The molecule has 0 unspecified atom stereocenters. The first-order valence-electron chi connectivity index (χ1n) is 7.54. The molecule has 0 atom stereocenters. The Balaban J connectivity index is 1.82. The van der Waals surface area contributed by atoms with E-state index >= 15 is 0 Å². The molecule has 0 saturated heterocycles. The van der Waals surface area contributed by atoms with Gasteiger partial charge in [-0.05, 0) is 24.3 Å². The van der Waals surface area contributed by atoms with E-state index in [-0.39, 0.29) is 18.2 Å². The molecular weight excluding hydrogens is 398 g/mol. The van der Waals surface area contributed by atoms with Crippen molar-refractivity contribution < 1.29 is 13.9 Å². The lowest BCUT2D eigenvalue weighted by atomic mass is 10.3. The van der Waals surface area contributed by atoms with Crippen molar-refractivity contribution in [2.24, 2.45) is 0 Å². The van der Waals surface area contributed by atoms with Gasteiger partial charge < -0.3 is 4.74 Å². The van der Waals surface area contributed by atoms with Gasteiger partial charge in [0.2, 0.25) is 5.91 Å². The van der Waals surface area contributed by atoms with Gasteiger partial charge in [0.1, 0.15) is 12.4 Å². The molecule has 0 fully saturated rings. The Morgan fingerprint density at radius 3 is 2.54 bits per heavy atom. The Morgan fingerprint density at radius 1 is 1.19 bits per heavy atom. The molecule has 3 rings (SSSR count). The molecule has 1 heterocycles. The number of aromatic nitrogens is 1. The van der Waals surface area contributed by atoms with Gasteiger partial charge in [0.25, 0.3) is 0 Å². The van der Waals surface area contributed by atoms with Crippen molar-refractivity contribution in [3.05, 3.63) is 69.4 Å². The fraction of sp³-hybridized carbons (Fsp3) is 0.111. The zero-order chi connectivity index (χ0) is 18.7. The summed E-state index contributed by atoms with van der Waals surface area (Å²) < 4.78 is 19.7. The van der Waals surface area contributed by atoms with Gasteiger partial charge in [0.05, 0.1) is 21.4 Å². The number of para-hydroxylation sites is 2. The van der Waals surface area contributed by atoms with Crippen LogP contribution in [0.2, 0.25) is 10.0 Å². The summed E-state index contributed by atoms with van der Waals surface area (Å²) in [5, 5.41) is 2.87. The zero-order valence-electron chi connectivity index (χ0n) is 13.6. The number of rotatable bonds is 5. The number of benzene rings is 2. The number of thiazole rings is 1. The van der Waals surface area contributed by atoms with Crippen LogP contribution >= 0.6 is 34.5 Å². The summed E-state index contributed by atoms with van der Waals surface area (Å²) in [5.41, 5.74) is 0.722. The van der Waals surface area contributed by atoms with E-state index in [2.05, 4.69) is 4.98 Å². The number of ether oxygens (including phenoxy) is 1. The molecule has 1 amide bonds. The lowest BCUT2D eigenvalue weighted by Crippen LogP contribution is -2.23. The fourth-order valence-corrected chi connectivity index (χ4v) is 3.64. The van der Waals surface area contributed by atoms with Gasteiger partial charge in [0, 0.05) is 12.3 Å². The number of anilines is 2. The second-order valence-electron chi connectivity index (χ2n) is 5.27. The van der Waals surface area contributed by atoms with Crippen molar-refractivity contribution in [3.63, 3.8) is 0 Å². The van der Waals surface area contributed by atoms with Gasteiger partial charge in [-0.1, -0.05) is 41.4 Å². The second-order valence-corrected chi connectivity index (χ2v) is 6.92. The fourth-order valence-electron chi connectivity index (χ4n) is 2.27. The van der Waals surface area contributed by atoms with Crippen LogP contribution in [0.15, 0.2) is 47.8 Å². The quantitative estimate of drug-likeness (QED) is 0.529. The zero-order valence-corrected chi connectivity index (χ0v) is 15.9. The van der Waals surface area contributed by atoms with Crippen molar-refractivity contribution in [2.45, 2.75) is 13.5 Å². The molecule has 3 aromatic rings. The van der Waals surface area contributed by atoms with Gasteiger partial charge >= 0.3 is 0 Å². The minimum absolute atomic E-state index is 0.114. The van der Waals surface area contributed by atoms with E-state index in [9.17, 15) is 9.18 Å². The summed E-state index contributed by atoms with van der Waals surface area (Å²) in [6.45, 7) is 1.47. The molecular formula is C18H13Cl2FN2O2S. The summed E-state index contributed by atoms with van der Waals surface area (Å²) in [7, 11) is 0. The SMILES string of the molecule is CC(=O)N(c1nc(COc2c(Cl)cccc2Cl)cs1)c1ccccc1F. The Kier molecular flexibility index (Phi) is 5.76. The average Bonchev–Trinajstić information content (AvgIpc) is 3.04. The smallest absolute Gasteiger partial charge is 0.230 e. The minimum atomic E-state index is -0.501. The van der Waals surface area contributed by atoms with E-state index in [1.165, 1.54) is 35.3 Å². The molecule has 0 aliphatic heterocycles. The molecule has 134 valence electrons. The first-order valence-corrected chi connectivity index (χ1v) is 9.17. The highest BCUT2D eigenvalue weighted by atomic mass is 35.5. The van der Waals surface area contributed by atoms with Gasteiger partial charge in [-0.3, -0.25) is 9.69 Å². The lowest BCUT2D eigenvalue weighted by Gasteiger charge is -2.18. The van der Waals surface area contributed by atoms with E-state index < -0.39 is 5.82 Å². The third-order valence-electron chi connectivity index (χ3n) is 3.42. The van der Waals surface area contributed by atoms with Crippen LogP contribution in [0, 0.1) is 5.82 Å². The molecule has 2 aromatic carbocycles. The summed E-state index contributed by atoms with van der Waals surface area (Å²) in [5.74, 6) is -0.479. The summed E-state index contributed by atoms with van der Waals surface area (Å²) in [6, 6.07) is 11.1. The van der Waals surface area contributed by atoms with Crippen LogP contribution in [-0.4, -0.2) is 10.9 Å². The molecule has 8 heteroatoms. The Labute approximate surface area is 163 Å². The highest BCUT2D eigenvalue weighted by Crippen LogP contribution is 2.34. The van der Waals surface area contributed by atoms with Crippen molar-refractivity contribution in [2.75, 3.05) is 4.90 Å². The maximum atomic E-state index is 14.1. The van der Waals surface area contributed by atoms with Crippen LogP contribution in [0.1, 0.15) is 12.6 Å². The van der Waals surface area contributed by atoms with Crippen LogP contribution in [0.5, 0.6) is 5.75 Å². The lowest BCUT2D eigenvalue weighted by molar-refractivity contribution is -0.115. The third kappa shape index (κ3) is 3.98. The average molecular weight is 411 g/mol. The van der Waals surface area contributed by atoms with Gasteiger partial charge in [-0.25, -0.2) is 9.37 Å². The molecule has 4 nitrogen and oxygen atoms in total. The van der Waals surface area contributed by atoms with Gasteiger partial charge in [-0.15, -0.1) is 11.3 Å². The highest BCUT2D eigenvalue weighted by molar-refractivity contribution is 7.14. The highest BCUT2D eigenvalue weighted by Gasteiger charge is 2.21. The van der Waals surface area contributed by atoms with Crippen LogP contribution in [-0.2, 0) is 11.4 Å². The van der Waals surface area contributed by atoms with E-state index in [1.807, 2.05) is 0 Å². The number of nitrogens with zero attached hydrogens (tertiary/aromatic N) is 2. The molecule has 26 heavy (non-hydrogen) atoms.